The number of esters is 1. The van der Waals surface area contributed by atoms with E-state index in [1.54, 1.807) is 6.07 Å². The number of benzene rings is 1. The third-order valence-corrected chi connectivity index (χ3v) is 6.59. The molecule has 0 spiro atoms. The Labute approximate surface area is 183 Å². The average Bonchev–Trinajstić information content (AvgIpc) is 3.30. The van der Waals surface area contributed by atoms with E-state index in [1.807, 2.05) is 56.0 Å². The molecule has 3 heterocycles. The fourth-order valence-electron chi connectivity index (χ4n) is 5.23. The van der Waals surface area contributed by atoms with Gasteiger partial charge in [0.05, 0.1) is 12.0 Å². The average molecular weight is 423 g/mol. The molecule has 2 N–H and O–H groups in total. The predicted molar refractivity (Wildman–Crippen MR) is 117 cm³/mol. The molecule has 2 fully saturated rings. The number of nitrogens with zero attached hydrogens (tertiary/aromatic N) is 3. The lowest BCUT2D eigenvalue weighted by Gasteiger charge is -2.35. The number of carbonyl (C=O) groups is 2. The number of hydrogen-bond donors (Lipinski definition) is 1. The monoisotopic (exact) mass is 422 g/mol. The molecule has 2 aliphatic rings. The van der Waals surface area contributed by atoms with Gasteiger partial charge in [-0.1, -0.05) is 44.2 Å². The van der Waals surface area contributed by atoms with Crippen LogP contribution in [0.4, 0.5) is 5.95 Å². The molecule has 0 radical (unpaired) electrons. The number of hydrogen-bond acceptors (Lipinski definition) is 6. The van der Waals surface area contributed by atoms with Crippen LogP contribution in [0.25, 0.3) is 0 Å². The van der Waals surface area contributed by atoms with Crippen LogP contribution in [0.5, 0.6) is 0 Å². The number of rotatable bonds is 6. The highest BCUT2D eigenvalue weighted by atomic mass is 16.5. The molecule has 4 rings (SSSR count). The Hall–Kier alpha value is -2.96. The maximum atomic E-state index is 13.6. The van der Waals surface area contributed by atoms with Crippen molar-refractivity contribution in [2.24, 2.45) is 5.41 Å². The summed E-state index contributed by atoms with van der Waals surface area (Å²) in [6.07, 6.45) is 2.82. The van der Waals surface area contributed by atoms with Crippen molar-refractivity contribution in [3.8, 4) is 0 Å². The molecule has 1 aromatic carbocycles. The number of ether oxygens (including phenoxy) is 1. The lowest BCUT2D eigenvalue weighted by atomic mass is 9.70. The van der Waals surface area contributed by atoms with Gasteiger partial charge in [-0.3, -0.25) is 9.59 Å². The summed E-state index contributed by atoms with van der Waals surface area (Å²) in [7, 11) is 0. The van der Waals surface area contributed by atoms with Crippen molar-refractivity contribution in [2.75, 3.05) is 12.3 Å². The molecule has 7 heteroatoms. The van der Waals surface area contributed by atoms with E-state index in [1.165, 1.54) is 0 Å². The fraction of sp³-hybridized carbons (Fsp3) is 0.500. The van der Waals surface area contributed by atoms with E-state index in [9.17, 15) is 9.59 Å². The van der Waals surface area contributed by atoms with Gasteiger partial charge in [-0.2, -0.15) is 0 Å². The van der Waals surface area contributed by atoms with Gasteiger partial charge in [0, 0.05) is 17.8 Å². The summed E-state index contributed by atoms with van der Waals surface area (Å²) in [5.74, 6) is -0.164. The van der Waals surface area contributed by atoms with Crippen LogP contribution in [0.15, 0.2) is 36.4 Å². The SMILES string of the molecule is CCOC(=O)[C@@]1(Cc2ccccc2)C[C@H]2CC[C@@H]1N2C(=O)c1cc(C(C)C)nc(N)n1. The van der Waals surface area contributed by atoms with E-state index in [4.69, 9.17) is 10.5 Å². The van der Waals surface area contributed by atoms with Crippen LogP contribution >= 0.6 is 0 Å². The first-order chi connectivity index (χ1) is 14.9. The van der Waals surface area contributed by atoms with Gasteiger partial charge in [-0.15, -0.1) is 0 Å². The summed E-state index contributed by atoms with van der Waals surface area (Å²) in [5.41, 5.74) is 7.26. The van der Waals surface area contributed by atoms with Crippen molar-refractivity contribution in [1.29, 1.82) is 0 Å². The van der Waals surface area contributed by atoms with E-state index in [2.05, 4.69) is 9.97 Å². The Morgan fingerprint density at radius 2 is 1.97 bits per heavy atom. The minimum absolute atomic E-state index is 0.00990. The number of carbonyl (C=O) groups excluding carboxylic acids is 2. The predicted octanol–water partition coefficient (Wildman–Crippen LogP) is 3.35. The second kappa shape index (κ2) is 8.29. The number of nitrogens with two attached hydrogens (primary N) is 1. The molecule has 7 nitrogen and oxygen atoms in total. The number of amides is 1. The number of aromatic nitrogens is 2. The van der Waals surface area contributed by atoms with Crippen LogP contribution < -0.4 is 5.73 Å². The summed E-state index contributed by atoms with van der Waals surface area (Å²) < 4.78 is 5.53. The Bertz CT molecular complexity index is 978. The molecule has 0 unspecified atom stereocenters. The van der Waals surface area contributed by atoms with Crippen molar-refractivity contribution in [3.63, 3.8) is 0 Å². The van der Waals surface area contributed by atoms with Crippen LogP contribution in [0, 0.1) is 5.41 Å². The van der Waals surface area contributed by atoms with E-state index in [0.717, 1.165) is 24.1 Å². The second-order valence-electron chi connectivity index (χ2n) is 8.89. The molecule has 0 saturated carbocycles. The van der Waals surface area contributed by atoms with Gasteiger partial charge in [-0.05, 0) is 50.2 Å². The van der Waals surface area contributed by atoms with Crippen LogP contribution in [0.3, 0.4) is 0 Å². The van der Waals surface area contributed by atoms with Crippen molar-refractivity contribution in [3.05, 3.63) is 53.3 Å². The van der Waals surface area contributed by atoms with Crippen molar-refractivity contribution >= 4 is 17.8 Å². The molecule has 1 aromatic heterocycles. The number of nitrogen functional groups attached to an aromatic ring is 1. The van der Waals surface area contributed by atoms with Gasteiger partial charge in [0.25, 0.3) is 5.91 Å². The maximum absolute atomic E-state index is 13.6. The van der Waals surface area contributed by atoms with Crippen molar-refractivity contribution < 1.29 is 14.3 Å². The van der Waals surface area contributed by atoms with Gasteiger partial charge in [0.1, 0.15) is 5.69 Å². The molecule has 3 atom stereocenters. The molecule has 164 valence electrons. The first-order valence-electron chi connectivity index (χ1n) is 11.0. The van der Waals surface area contributed by atoms with E-state index in [0.29, 0.717) is 25.1 Å². The Morgan fingerprint density at radius 1 is 1.23 bits per heavy atom. The van der Waals surface area contributed by atoms with E-state index < -0.39 is 5.41 Å². The molecule has 2 aliphatic heterocycles. The second-order valence-corrected chi connectivity index (χ2v) is 8.89. The summed E-state index contributed by atoms with van der Waals surface area (Å²) in [4.78, 5) is 37.2. The van der Waals surface area contributed by atoms with E-state index >= 15 is 0 Å². The molecule has 1 amide bonds. The van der Waals surface area contributed by atoms with Crippen LogP contribution in [-0.2, 0) is 16.0 Å². The van der Waals surface area contributed by atoms with Crippen LogP contribution in [0.2, 0.25) is 0 Å². The minimum Gasteiger partial charge on any atom is -0.465 e. The van der Waals surface area contributed by atoms with Crippen LogP contribution in [-0.4, -0.2) is 45.4 Å². The van der Waals surface area contributed by atoms with Gasteiger partial charge >= 0.3 is 5.97 Å². The molecular weight excluding hydrogens is 392 g/mol. The quantitative estimate of drug-likeness (QED) is 0.717. The third-order valence-electron chi connectivity index (χ3n) is 6.59. The molecule has 2 saturated heterocycles. The largest absolute Gasteiger partial charge is 0.465 e. The van der Waals surface area contributed by atoms with Gasteiger partial charge < -0.3 is 15.4 Å². The smallest absolute Gasteiger partial charge is 0.314 e. The zero-order valence-electron chi connectivity index (χ0n) is 18.4. The molecule has 2 aromatic rings. The number of fused-ring (bicyclic) bond motifs is 2. The molecule has 31 heavy (non-hydrogen) atoms. The van der Waals surface area contributed by atoms with Gasteiger partial charge in [-0.25, -0.2) is 9.97 Å². The molecule has 0 aliphatic carbocycles. The summed E-state index contributed by atoms with van der Waals surface area (Å²) in [5, 5.41) is 0. The summed E-state index contributed by atoms with van der Waals surface area (Å²) >= 11 is 0. The third kappa shape index (κ3) is 3.77. The van der Waals surface area contributed by atoms with Crippen molar-refractivity contribution in [2.45, 2.75) is 64.5 Å². The zero-order valence-corrected chi connectivity index (χ0v) is 18.4. The fourth-order valence-corrected chi connectivity index (χ4v) is 5.23. The lowest BCUT2D eigenvalue weighted by Crippen LogP contribution is -2.47. The molecular formula is C24H30N4O3. The first kappa shape index (κ1) is 21.3. The normalized spacial score (nSPS) is 24.6. The maximum Gasteiger partial charge on any atom is 0.314 e. The minimum atomic E-state index is -0.741. The first-order valence-corrected chi connectivity index (χ1v) is 11.0. The Morgan fingerprint density at radius 3 is 2.65 bits per heavy atom. The lowest BCUT2D eigenvalue weighted by molar-refractivity contribution is -0.157. The van der Waals surface area contributed by atoms with Crippen molar-refractivity contribution in [1.82, 2.24) is 14.9 Å². The Balaban J connectivity index is 1.70. The van der Waals surface area contributed by atoms with Gasteiger partial charge in [0.2, 0.25) is 5.95 Å². The topological polar surface area (TPSA) is 98.4 Å². The standard InChI is InChI=1S/C24H30N4O3/c1-4-31-22(30)24(13-16-8-6-5-7-9-16)14-17-10-11-20(24)28(17)21(29)19-12-18(15(2)3)26-23(25)27-19/h5-9,12,15,17,20H,4,10-11,13-14H2,1-3H3,(H2,25,26,27)/t17-,20+,24+/m1/s1. The summed E-state index contributed by atoms with van der Waals surface area (Å²) in [6.45, 7) is 6.14. The Kier molecular flexibility index (Phi) is 5.69. The number of anilines is 1. The van der Waals surface area contributed by atoms with Gasteiger partial charge in [0.15, 0.2) is 0 Å². The molecule has 2 bridgehead atoms. The highest BCUT2D eigenvalue weighted by Gasteiger charge is 2.62. The summed E-state index contributed by atoms with van der Waals surface area (Å²) in [6, 6.07) is 11.5. The van der Waals surface area contributed by atoms with Crippen LogP contribution in [0.1, 0.15) is 67.7 Å². The van der Waals surface area contributed by atoms with E-state index in [-0.39, 0.29) is 35.8 Å². The highest BCUT2D eigenvalue weighted by Crippen LogP contribution is 2.52. The highest BCUT2D eigenvalue weighted by molar-refractivity contribution is 5.95. The zero-order chi connectivity index (χ0) is 22.2.